The summed E-state index contributed by atoms with van der Waals surface area (Å²) in [6, 6.07) is 0.563. The third-order valence-corrected chi connectivity index (χ3v) is 2.82. The Balaban J connectivity index is 2.85. The molecule has 0 aliphatic heterocycles. The van der Waals surface area contributed by atoms with Crippen LogP contribution in [-0.4, -0.2) is 9.91 Å². The molecule has 0 saturated carbocycles. The molecule has 0 N–H and O–H groups in total. The molecule has 4 nitrogen and oxygen atoms in total. The van der Waals surface area contributed by atoms with Crippen molar-refractivity contribution in [2.45, 2.75) is 0 Å². The lowest BCUT2D eigenvalue weighted by molar-refractivity contribution is -0.385. The van der Waals surface area contributed by atoms with E-state index in [-0.39, 0.29) is 0 Å². The van der Waals surface area contributed by atoms with Crippen molar-refractivity contribution >= 4 is 17.3 Å². The molecule has 1 aromatic carbocycles. The van der Waals surface area contributed by atoms with E-state index in [0.717, 1.165) is 0 Å². The maximum Gasteiger partial charge on any atom is 0.288 e. The van der Waals surface area contributed by atoms with Gasteiger partial charge in [-0.25, -0.2) is 26.9 Å². The van der Waals surface area contributed by atoms with Crippen LogP contribution in [0.2, 0.25) is 5.15 Å². The topological polar surface area (TPSA) is 56.0 Å². The minimum atomic E-state index is -2.34. The first-order chi connectivity index (χ1) is 9.75. The average Bonchev–Trinajstić information content (AvgIpc) is 2.45. The van der Waals surface area contributed by atoms with E-state index in [1.54, 1.807) is 0 Å². The Kier molecular flexibility index (Phi) is 3.77. The normalized spacial score (nSPS) is 10.8. The number of rotatable bonds is 2. The van der Waals surface area contributed by atoms with Gasteiger partial charge in [-0.1, -0.05) is 11.6 Å². The van der Waals surface area contributed by atoms with Crippen molar-refractivity contribution in [2.24, 2.45) is 0 Å². The number of aromatic nitrogens is 1. The molecular formula is C11H2ClF5N2O2. The minimum Gasteiger partial charge on any atom is -0.258 e. The molecule has 0 unspecified atom stereocenters. The van der Waals surface area contributed by atoms with Gasteiger partial charge in [0, 0.05) is 11.6 Å². The summed E-state index contributed by atoms with van der Waals surface area (Å²) >= 11 is 5.52. The fourth-order valence-electron chi connectivity index (χ4n) is 1.55. The minimum absolute atomic E-state index is 0.563. The first kappa shape index (κ1) is 15.1. The van der Waals surface area contributed by atoms with Crippen LogP contribution in [0.15, 0.2) is 12.3 Å². The predicted molar refractivity (Wildman–Crippen MR) is 61.1 cm³/mol. The number of hydrogen-bond donors (Lipinski definition) is 0. The first-order valence-corrected chi connectivity index (χ1v) is 5.45. The summed E-state index contributed by atoms with van der Waals surface area (Å²) < 4.78 is 66.4. The van der Waals surface area contributed by atoms with E-state index in [1.807, 2.05) is 0 Å². The highest BCUT2D eigenvalue weighted by Gasteiger charge is 2.29. The zero-order valence-corrected chi connectivity index (χ0v) is 10.4. The SMILES string of the molecule is O=[N+]([O-])c1cnc(Cl)c(-c2c(F)c(F)c(F)c(F)c2F)c1. The van der Waals surface area contributed by atoms with E-state index in [1.165, 1.54) is 0 Å². The number of halogens is 6. The third kappa shape index (κ3) is 2.40. The second-order valence-electron chi connectivity index (χ2n) is 3.73. The number of benzene rings is 1. The Labute approximate surface area is 117 Å². The average molecular weight is 325 g/mol. The van der Waals surface area contributed by atoms with Crippen molar-refractivity contribution in [3.63, 3.8) is 0 Å². The van der Waals surface area contributed by atoms with Crippen LogP contribution in [0.3, 0.4) is 0 Å². The van der Waals surface area contributed by atoms with Gasteiger partial charge in [0.15, 0.2) is 23.3 Å². The van der Waals surface area contributed by atoms with Crippen LogP contribution in [0.4, 0.5) is 27.6 Å². The monoisotopic (exact) mass is 324 g/mol. The van der Waals surface area contributed by atoms with E-state index in [2.05, 4.69) is 4.98 Å². The summed E-state index contributed by atoms with van der Waals surface area (Å²) in [7, 11) is 0. The smallest absolute Gasteiger partial charge is 0.258 e. The predicted octanol–water partition coefficient (Wildman–Crippen LogP) is 4.01. The second-order valence-corrected chi connectivity index (χ2v) is 4.09. The highest BCUT2D eigenvalue weighted by molar-refractivity contribution is 6.32. The molecule has 10 heteroatoms. The first-order valence-electron chi connectivity index (χ1n) is 5.07. The van der Waals surface area contributed by atoms with Crippen LogP contribution >= 0.6 is 11.6 Å². The lowest BCUT2D eigenvalue weighted by Gasteiger charge is -2.09. The molecule has 0 radical (unpaired) electrons. The number of nitrogens with zero attached hydrogens (tertiary/aromatic N) is 2. The quantitative estimate of drug-likeness (QED) is 0.209. The number of nitro groups is 1. The third-order valence-electron chi connectivity index (χ3n) is 2.51. The van der Waals surface area contributed by atoms with Crippen molar-refractivity contribution in [1.82, 2.24) is 4.98 Å². The van der Waals surface area contributed by atoms with Gasteiger partial charge in [-0.3, -0.25) is 10.1 Å². The lowest BCUT2D eigenvalue weighted by Crippen LogP contribution is -2.05. The van der Waals surface area contributed by atoms with Crippen LogP contribution in [-0.2, 0) is 0 Å². The summed E-state index contributed by atoms with van der Waals surface area (Å²) in [6.45, 7) is 0. The van der Waals surface area contributed by atoms with Gasteiger partial charge in [0.25, 0.3) is 5.69 Å². The van der Waals surface area contributed by atoms with E-state index in [4.69, 9.17) is 11.6 Å². The largest absolute Gasteiger partial charge is 0.288 e. The van der Waals surface area contributed by atoms with Crippen molar-refractivity contribution in [3.05, 3.63) is 56.6 Å². The van der Waals surface area contributed by atoms with Crippen molar-refractivity contribution in [2.75, 3.05) is 0 Å². The molecule has 0 atom stereocenters. The Morgan fingerprint density at radius 2 is 1.48 bits per heavy atom. The Morgan fingerprint density at radius 3 is 1.95 bits per heavy atom. The van der Waals surface area contributed by atoms with E-state index in [0.29, 0.717) is 12.3 Å². The van der Waals surface area contributed by atoms with E-state index >= 15 is 0 Å². The molecule has 0 aliphatic carbocycles. The zero-order valence-electron chi connectivity index (χ0n) is 9.63. The summed E-state index contributed by atoms with van der Waals surface area (Å²) in [5, 5.41) is 9.93. The number of hydrogen-bond acceptors (Lipinski definition) is 3. The molecule has 0 amide bonds. The zero-order chi connectivity index (χ0) is 15.9. The number of pyridine rings is 1. The molecular weight excluding hydrogens is 323 g/mol. The van der Waals surface area contributed by atoms with Crippen molar-refractivity contribution in [3.8, 4) is 11.1 Å². The summed E-state index contributed by atoms with van der Waals surface area (Å²) in [5.41, 5.74) is -2.88. The standard InChI is InChI=1S/C11H2ClF5N2O2/c12-11-4(1-3(2-18-11)19(20)21)5-6(13)8(15)10(17)9(16)7(5)14/h1-2H. The molecule has 110 valence electrons. The molecule has 0 fully saturated rings. The van der Waals surface area contributed by atoms with Gasteiger partial charge in [0.05, 0.1) is 10.5 Å². The molecule has 0 bridgehead atoms. The Hall–Kier alpha value is -2.29. The fraction of sp³-hybridized carbons (Fsp3) is 0. The van der Waals surface area contributed by atoms with Crippen LogP contribution < -0.4 is 0 Å². The van der Waals surface area contributed by atoms with Gasteiger partial charge in [0.2, 0.25) is 5.82 Å². The molecule has 2 aromatic rings. The molecule has 21 heavy (non-hydrogen) atoms. The summed E-state index contributed by atoms with van der Waals surface area (Å²) in [6.07, 6.45) is 0.678. The Morgan fingerprint density at radius 1 is 1.00 bits per heavy atom. The maximum atomic E-state index is 13.6. The van der Waals surface area contributed by atoms with Crippen LogP contribution in [0.5, 0.6) is 0 Å². The molecule has 1 heterocycles. The molecule has 0 saturated heterocycles. The van der Waals surface area contributed by atoms with Gasteiger partial charge in [0.1, 0.15) is 11.3 Å². The maximum absolute atomic E-state index is 13.6. The highest BCUT2D eigenvalue weighted by Crippen LogP contribution is 2.36. The van der Waals surface area contributed by atoms with Crippen LogP contribution in [0, 0.1) is 39.2 Å². The Bertz CT molecular complexity index is 740. The second kappa shape index (κ2) is 5.24. The highest BCUT2D eigenvalue weighted by atomic mass is 35.5. The fourth-order valence-corrected chi connectivity index (χ4v) is 1.75. The van der Waals surface area contributed by atoms with Gasteiger partial charge in [-0.15, -0.1) is 0 Å². The van der Waals surface area contributed by atoms with Gasteiger partial charge >= 0.3 is 0 Å². The van der Waals surface area contributed by atoms with E-state index in [9.17, 15) is 32.1 Å². The van der Waals surface area contributed by atoms with Gasteiger partial charge in [-0.05, 0) is 0 Å². The van der Waals surface area contributed by atoms with Crippen LogP contribution in [0.25, 0.3) is 11.1 Å². The molecule has 0 aliphatic rings. The summed E-state index contributed by atoms with van der Waals surface area (Å²) in [5.74, 6) is -11.0. The summed E-state index contributed by atoms with van der Waals surface area (Å²) in [4.78, 5) is 12.9. The molecule has 0 spiro atoms. The van der Waals surface area contributed by atoms with Gasteiger partial charge in [-0.2, -0.15) is 0 Å². The molecule has 1 aromatic heterocycles. The van der Waals surface area contributed by atoms with Crippen molar-refractivity contribution < 1.29 is 26.9 Å². The lowest BCUT2D eigenvalue weighted by atomic mass is 10.0. The van der Waals surface area contributed by atoms with E-state index < -0.39 is 56.0 Å². The van der Waals surface area contributed by atoms with Gasteiger partial charge < -0.3 is 0 Å². The molecule has 2 rings (SSSR count). The van der Waals surface area contributed by atoms with Crippen LogP contribution in [0.1, 0.15) is 0 Å². The van der Waals surface area contributed by atoms with Crippen molar-refractivity contribution in [1.29, 1.82) is 0 Å².